The number of rotatable bonds is 6. The van der Waals surface area contributed by atoms with E-state index in [0.717, 1.165) is 24.2 Å². The second-order valence-corrected chi connectivity index (χ2v) is 5.90. The van der Waals surface area contributed by atoms with Gasteiger partial charge in [0.2, 0.25) is 11.8 Å². The molecule has 0 spiro atoms. The second-order valence-electron chi connectivity index (χ2n) is 5.90. The van der Waals surface area contributed by atoms with Gasteiger partial charge in [-0.25, -0.2) is 9.78 Å². The smallest absolute Gasteiger partial charge is 0.319 e. The van der Waals surface area contributed by atoms with Crippen LogP contribution in [0, 0.1) is 0 Å². The van der Waals surface area contributed by atoms with Gasteiger partial charge in [-0.1, -0.05) is 6.07 Å². The largest absolute Gasteiger partial charge is 0.478 e. The molecular weight excluding hydrogens is 332 g/mol. The second kappa shape index (κ2) is 8.33. The van der Waals surface area contributed by atoms with Gasteiger partial charge in [-0.15, -0.1) is 0 Å². The van der Waals surface area contributed by atoms with Gasteiger partial charge in [0.15, 0.2) is 0 Å². The molecule has 2 heterocycles. The van der Waals surface area contributed by atoms with Crippen LogP contribution in [-0.4, -0.2) is 30.1 Å². The Kier molecular flexibility index (Phi) is 5.68. The number of carbonyl (C=O) groups is 2. The van der Waals surface area contributed by atoms with E-state index in [4.69, 9.17) is 4.74 Å². The highest BCUT2D eigenvalue weighted by molar-refractivity contribution is 5.96. The van der Waals surface area contributed by atoms with E-state index in [1.165, 1.54) is 0 Å². The fraction of sp³-hybridized carbons (Fsp3) is 0.316. The number of hydrogen-bond acceptors (Lipinski definition) is 4. The van der Waals surface area contributed by atoms with Crippen molar-refractivity contribution in [3.05, 3.63) is 48.2 Å². The molecule has 1 fully saturated rings. The molecule has 3 amide bonds. The molecule has 136 valence electrons. The van der Waals surface area contributed by atoms with Crippen LogP contribution in [-0.2, 0) is 11.3 Å². The average molecular weight is 354 g/mol. The summed E-state index contributed by atoms with van der Waals surface area (Å²) < 4.78 is 5.44. The molecular formula is C19H22N4O3. The van der Waals surface area contributed by atoms with Gasteiger partial charge >= 0.3 is 6.03 Å². The van der Waals surface area contributed by atoms with Gasteiger partial charge in [0, 0.05) is 42.6 Å². The fourth-order valence-electron chi connectivity index (χ4n) is 2.82. The first-order valence-corrected chi connectivity index (χ1v) is 8.69. The lowest BCUT2D eigenvalue weighted by Gasteiger charge is -2.16. The van der Waals surface area contributed by atoms with Gasteiger partial charge in [0.05, 0.1) is 6.61 Å². The normalized spacial score (nSPS) is 13.6. The Labute approximate surface area is 152 Å². The van der Waals surface area contributed by atoms with Crippen LogP contribution in [0.25, 0.3) is 0 Å². The van der Waals surface area contributed by atoms with Crippen LogP contribution < -0.4 is 20.3 Å². The van der Waals surface area contributed by atoms with Crippen LogP contribution in [0.4, 0.5) is 16.2 Å². The molecule has 1 aromatic carbocycles. The number of amides is 3. The molecule has 1 aliphatic heterocycles. The lowest BCUT2D eigenvalue weighted by Crippen LogP contribution is -2.28. The highest BCUT2D eigenvalue weighted by Crippen LogP contribution is 2.23. The van der Waals surface area contributed by atoms with Gasteiger partial charge in [0.1, 0.15) is 0 Å². The Morgan fingerprint density at radius 2 is 2.08 bits per heavy atom. The highest BCUT2D eigenvalue weighted by atomic mass is 16.5. The number of nitrogens with zero attached hydrogens (tertiary/aromatic N) is 2. The number of aromatic nitrogens is 1. The minimum atomic E-state index is -0.318. The van der Waals surface area contributed by atoms with Gasteiger partial charge in [-0.05, 0) is 43.7 Å². The first kappa shape index (κ1) is 17.7. The van der Waals surface area contributed by atoms with Crippen molar-refractivity contribution in [2.75, 3.05) is 23.4 Å². The Morgan fingerprint density at radius 3 is 2.77 bits per heavy atom. The molecule has 26 heavy (non-hydrogen) atoms. The minimum absolute atomic E-state index is 0.144. The minimum Gasteiger partial charge on any atom is -0.478 e. The summed E-state index contributed by atoms with van der Waals surface area (Å²) in [6.07, 6.45) is 3.14. The maximum absolute atomic E-state index is 12.1. The van der Waals surface area contributed by atoms with Gasteiger partial charge in [-0.3, -0.25) is 4.79 Å². The van der Waals surface area contributed by atoms with Crippen LogP contribution in [0.1, 0.15) is 25.3 Å². The summed E-state index contributed by atoms with van der Waals surface area (Å²) in [5, 5.41) is 5.57. The van der Waals surface area contributed by atoms with E-state index in [-0.39, 0.29) is 11.9 Å². The Morgan fingerprint density at radius 1 is 1.27 bits per heavy atom. The van der Waals surface area contributed by atoms with Crippen molar-refractivity contribution in [1.29, 1.82) is 0 Å². The Bertz CT molecular complexity index is 777. The van der Waals surface area contributed by atoms with Crippen LogP contribution in [0.3, 0.4) is 0 Å². The maximum Gasteiger partial charge on any atom is 0.319 e. The Hall–Kier alpha value is -3.09. The van der Waals surface area contributed by atoms with E-state index in [0.29, 0.717) is 31.1 Å². The van der Waals surface area contributed by atoms with Crippen molar-refractivity contribution < 1.29 is 14.3 Å². The quantitative estimate of drug-likeness (QED) is 0.835. The van der Waals surface area contributed by atoms with E-state index in [2.05, 4.69) is 15.6 Å². The number of anilines is 2. The summed E-state index contributed by atoms with van der Waals surface area (Å²) in [6.45, 7) is 3.47. The van der Waals surface area contributed by atoms with Crippen molar-refractivity contribution in [3.8, 4) is 5.88 Å². The van der Waals surface area contributed by atoms with Crippen molar-refractivity contribution in [2.45, 2.75) is 26.3 Å². The van der Waals surface area contributed by atoms with Crippen molar-refractivity contribution >= 4 is 23.3 Å². The van der Waals surface area contributed by atoms with E-state index < -0.39 is 0 Å². The van der Waals surface area contributed by atoms with Gasteiger partial charge < -0.3 is 20.3 Å². The number of carbonyl (C=O) groups excluding carboxylic acids is 2. The van der Waals surface area contributed by atoms with Crippen LogP contribution in [0.15, 0.2) is 42.6 Å². The summed E-state index contributed by atoms with van der Waals surface area (Å²) >= 11 is 0. The monoisotopic (exact) mass is 354 g/mol. The first-order chi connectivity index (χ1) is 12.7. The summed E-state index contributed by atoms with van der Waals surface area (Å²) in [5.41, 5.74) is 2.33. The molecule has 0 aliphatic carbocycles. The van der Waals surface area contributed by atoms with Crippen LogP contribution in [0.2, 0.25) is 0 Å². The molecule has 0 saturated carbocycles. The first-order valence-electron chi connectivity index (χ1n) is 8.69. The molecule has 1 saturated heterocycles. The van der Waals surface area contributed by atoms with Gasteiger partial charge in [0.25, 0.3) is 0 Å². The number of benzene rings is 1. The molecule has 0 unspecified atom stereocenters. The molecule has 2 N–H and O–H groups in total. The molecule has 2 aromatic rings. The predicted molar refractivity (Wildman–Crippen MR) is 99.3 cm³/mol. The van der Waals surface area contributed by atoms with Gasteiger partial charge in [-0.2, -0.15) is 0 Å². The number of hydrogen-bond donors (Lipinski definition) is 2. The zero-order valence-electron chi connectivity index (χ0n) is 14.7. The number of urea groups is 1. The number of ether oxygens (including phenoxy) is 1. The number of pyridine rings is 1. The molecule has 0 radical (unpaired) electrons. The Balaban J connectivity index is 1.54. The summed E-state index contributed by atoms with van der Waals surface area (Å²) in [5.74, 6) is 0.667. The molecule has 1 aromatic heterocycles. The van der Waals surface area contributed by atoms with Crippen LogP contribution >= 0.6 is 0 Å². The molecule has 7 nitrogen and oxygen atoms in total. The van der Waals surface area contributed by atoms with E-state index >= 15 is 0 Å². The summed E-state index contributed by atoms with van der Waals surface area (Å²) in [4.78, 5) is 29.8. The SMILES string of the molecule is CCOc1ncccc1CNC(=O)Nc1ccc(N2CCCC2=O)cc1. The average Bonchev–Trinajstić information content (AvgIpc) is 3.08. The third-order valence-corrected chi connectivity index (χ3v) is 4.08. The molecule has 0 bridgehead atoms. The van der Waals surface area contributed by atoms with E-state index in [1.54, 1.807) is 29.3 Å². The summed E-state index contributed by atoms with van der Waals surface area (Å²) in [7, 11) is 0. The van der Waals surface area contributed by atoms with Crippen molar-refractivity contribution in [3.63, 3.8) is 0 Å². The zero-order chi connectivity index (χ0) is 18.4. The third kappa shape index (κ3) is 4.30. The summed E-state index contributed by atoms with van der Waals surface area (Å²) in [6, 6.07) is 10.6. The maximum atomic E-state index is 12.1. The van der Waals surface area contributed by atoms with E-state index in [9.17, 15) is 9.59 Å². The lowest BCUT2D eigenvalue weighted by atomic mass is 10.2. The molecule has 0 atom stereocenters. The van der Waals surface area contributed by atoms with Crippen molar-refractivity contribution in [1.82, 2.24) is 10.3 Å². The van der Waals surface area contributed by atoms with Crippen molar-refractivity contribution in [2.24, 2.45) is 0 Å². The topological polar surface area (TPSA) is 83.6 Å². The van der Waals surface area contributed by atoms with E-state index in [1.807, 2.05) is 25.1 Å². The number of nitrogens with one attached hydrogen (secondary N) is 2. The van der Waals surface area contributed by atoms with Crippen LogP contribution in [0.5, 0.6) is 5.88 Å². The lowest BCUT2D eigenvalue weighted by molar-refractivity contribution is -0.117. The molecule has 3 rings (SSSR count). The molecule has 7 heteroatoms. The third-order valence-electron chi connectivity index (χ3n) is 4.08. The fourth-order valence-corrected chi connectivity index (χ4v) is 2.82. The predicted octanol–water partition coefficient (Wildman–Crippen LogP) is 2.93. The zero-order valence-corrected chi connectivity index (χ0v) is 14.7. The standard InChI is InChI=1S/C19H22N4O3/c1-2-26-18-14(5-3-11-20-18)13-21-19(25)22-15-7-9-16(10-8-15)23-12-4-6-17(23)24/h3,5,7-11H,2,4,6,12-13H2,1H3,(H2,21,22,25). The highest BCUT2D eigenvalue weighted by Gasteiger charge is 2.21. The molecule has 1 aliphatic rings.